The van der Waals surface area contributed by atoms with Crippen molar-refractivity contribution < 1.29 is 14.2 Å². The minimum absolute atomic E-state index is 0.704. The molecular formula is C15H32N2O3. The van der Waals surface area contributed by atoms with Crippen molar-refractivity contribution in [3.8, 4) is 0 Å². The molecule has 1 aliphatic rings. The summed E-state index contributed by atoms with van der Waals surface area (Å²) in [6, 6.07) is 0. The second-order valence-corrected chi connectivity index (χ2v) is 5.17. The molecule has 1 atom stereocenters. The van der Waals surface area contributed by atoms with Crippen LogP contribution < -0.4 is 5.32 Å². The van der Waals surface area contributed by atoms with Crippen molar-refractivity contribution >= 4 is 0 Å². The summed E-state index contributed by atoms with van der Waals surface area (Å²) < 4.78 is 16.3. The van der Waals surface area contributed by atoms with Crippen molar-refractivity contribution in [2.75, 3.05) is 72.4 Å². The zero-order valence-electron chi connectivity index (χ0n) is 13.2. The quantitative estimate of drug-likeness (QED) is 0.512. The van der Waals surface area contributed by atoms with Crippen molar-refractivity contribution in [3.63, 3.8) is 0 Å². The van der Waals surface area contributed by atoms with Gasteiger partial charge < -0.3 is 19.5 Å². The Labute approximate surface area is 123 Å². The molecule has 0 spiro atoms. The summed E-state index contributed by atoms with van der Waals surface area (Å²) in [4.78, 5) is 2.41. The topological polar surface area (TPSA) is 43.0 Å². The summed E-state index contributed by atoms with van der Waals surface area (Å²) >= 11 is 0. The lowest BCUT2D eigenvalue weighted by Crippen LogP contribution is -2.38. The highest BCUT2D eigenvalue weighted by Crippen LogP contribution is 2.10. The third-order valence-electron chi connectivity index (χ3n) is 3.57. The van der Waals surface area contributed by atoms with Crippen LogP contribution in [0.2, 0.25) is 0 Å². The molecule has 0 aromatic rings. The molecule has 0 aliphatic carbocycles. The van der Waals surface area contributed by atoms with Crippen LogP contribution in [0, 0.1) is 5.92 Å². The molecular weight excluding hydrogens is 256 g/mol. The summed E-state index contributed by atoms with van der Waals surface area (Å²) in [7, 11) is 0. The van der Waals surface area contributed by atoms with Gasteiger partial charge in [-0.15, -0.1) is 0 Å². The lowest BCUT2D eigenvalue weighted by Gasteiger charge is -2.22. The van der Waals surface area contributed by atoms with Crippen LogP contribution in [-0.2, 0) is 14.2 Å². The van der Waals surface area contributed by atoms with Gasteiger partial charge in [-0.25, -0.2) is 0 Å². The fraction of sp³-hybridized carbons (Fsp3) is 1.00. The molecule has 1 aliphatic heterocycles. The summed E-state index contributed by atoms with van der Waals surface area (Å²) in [6.07, 6.45) is 1.20. The number of ether oxygens (including phenoxy) is 3. The third-order valence-corrected chi connectivity index (χ3v) is 3.57. The average molecular weight is 288 g/mol. The maximum atomic E-state index is 5.44. The molecule has 1 N–H and O–H groups in total. The van der Waals surface area contributed by atoms with E-state index >= 15 is 0 Å². The van der Waals surface area contributed by atoms with Gasteiger partial charge >= 0.3 is 0 Å². The van der Waals surface area contributed by atoms with Gasteiger partial charge in [0.05, 0.1) is 19.8 Å². The van der Waals surface area contributed by atoms with Gasteiger partial charge in [0.2, 0.25) is 0 Å². The predicted molar refractivity (Wildman–Crippen MR) is 81.2 cm³/mol. The van der Waals surface area contributed by atoms with E-state index in [1.807, 2.05) is 13.8 Å². The van der Waals surface area contributed by atoms with E-state index in [0.29, 0.717) is 5.92 Å². The zero-order valence-corrected chi connectivity index (χ0v) is 13.2. The molecule has 1 rings (SSSR count). The summed E-state index contributed by atoms with van der Waals surface area (Å²) in [5, 5.41) is 3.54. The van der Waals surface area contributed by atoms with Gasteiger partial charge in [-0.05, 0) is 26.2 Å². The number of nitrogens with zero attached hydrogens (tertiary/aromatic N) is 1. The van der Waals surface area contributed by atoms with Crippen LogP contribution in [-0.4, -0.2) is 77.3 Å². The molecule has 1 heterocycles. The van der Waals surface area contributed by atoms with E-state index in [4.69, 9.17) is 14.2 Å². The van der Waals surface area contributed by atoms with Crippen molar-refractivity contribution in [2.24, 2.45) is 5.92 Å². The second kappa shape index (κ2) is 12.5. The SMILES string of the molecule is CCOCCN(CCNCC1CCOC1)CCOCC. The van der Waals surface area contributed by atoms with E-state index in [-0.39, 0.29) is 0 Å². The monoisotopic (exact) mass is 288 g/mol. The molecule has 0 amide bonds. The number of rotatable bonds is 13. The molecule has 20 heavy (non-hydrogen) atoms. The summed E-state index contributed by atoms with van der Waals surface area (Å²) in [6.45, 7) is 14.2. The highest BCUT2D eigenvalue weighted by Gasteiger charge is 2.14. The fourth-order valence-corrected chi connectivity index (χ4v) is 2.30. The molecule has 5 heteroatoms. The highest BCUT2D eigenvalue weighted by atomic mass is 16.5. The van der Waals surface area contributed by atoms with Crippen LogP contribution in [0.3, 0.4) is 0 Å². The van der Waals surface area contributed by atoms with Crippen molar-refractivity contribution in [2.45, 2.75) is 20.3 Å². The van der Waals surface area contributed by atoms with Crippen LogP contribution in [0.15, 0.2) is 0 Å². The number of nitrogens with one attached hydrogen (secondary N) is 1. The number of hydrogen-bond acceptors (Lipinski definition) is 5. The van der Waals surface area contributed by atoms with Crippen molar-refractivity contribution in [1.82, 2.24) is 10.2 Å². The highest BCUT2D eigenvalue weighted by molar-refractivity contribution is 4.67. The maximum absolute atomic E-state index is 5.44. The minimum atomic E-state index is 0.704. The van der Waals surface area contributed by atoms with Crippen LogP contribution in [0.1, 0.15) is 20.3 Å². The van der Waals surface area contributed by atoms with Crippen LogP contribution in [0.4, 0.5) is 0 Å². The van der Waals surface area contributed by atoms with Crippen LogP contribution >= 0.6 is 0 Å². The Hall–Kier alpha value is -0.200. The Kier molecular flexibility index (Phi) is 11.2. The van der Waals surface area contributed by atoms with Gasteiger partial charge in [-0.2, -0.15) is 0 Å². The Bertz CT molecular complexity index is 201. The van der Waals surface area contributed by atoms with E-state index in [2.05, 4.69) is 10.2 Å². The first-order valence-electron chi connectivity index (χ1n) is 8.03. The lowest BCUT2D eigenvalue weighted by atomic mass is 10.1. The normalized spacial score (nSPS) is 19.1. The lowest BCUT2D eigenvalue weighted by molar-refractivity contribution is 0.0831. The standard InChI is InChI=1S/C15H32N2O3/c1-3-18-11-8-17(9-12-19-4-2)7-6-16-13-15-5-10-20-14-15/h15-16H,3-14H2,1-2H3. The second-order valence-electron chi connectivity index (χ2n) is 5.17. The summed E-state index contributed by atoms with van der Waals surface area (Å²) in [5.41, 5.74) is 0. The van der Waals surface area contributed by atoms with E-state index in [0.717, 1.165) is 72.4 Å². The zero-order chi connectivity index (χ0) is 14.5. The van der Waals surface area contributed by atoms with E-state index < -0.39 is 0 Å². The van der Waals surface area contributed by atoms with E-state index in [1.165, 1.54) is 6.42 Å². The van der Waals surface area contributed by atoms with E-state index in [9.17, 15) is 0 Å². The fourth-order valence-electron chi connectivity index (χ4n) is 2.30. The van der Waals surface area contributed by atoms with Gasteiger partial charge in [0, 0.05) is 52.5 Å². The maximum Gasteiger partial charge on any atom is 0.0593 e. The van der Waals surface area contributed by atoms with Gasteiger partial charge in [-0.3, -0.25) is 4.90 Å². The van der Waals surface area contributed by atoms with Gasteiger partial charge in [0.25, 0.3) is 0 Å². The molecule has 1 unspecified atom stereocenters. The smallest absolute Gasteiger partial charge is 0.0593 e. The molecule has 0 aromatic carbocycles. The molecule has 0 saturated carbocycles. The first-order chi connectivity index (χ1) is 9.86. The third kappa shape index (κ3) is 8.87. The van der Waals surface area contributed by atoms with Gasteiger partial charge in [-0.1, -0.05) is 0 Å². The first-order valence-corrected chi connectivity index (χ1v) is 8.03. The number of hydrogen-bond donors (Lipinski definition) is 1. The molecule has 0 aromatic heterocycles. The Morgan fingerprint density at radius 3 is 2.35 bits per heavy atom. The minimum Gasteiger partial charge on any atom is -0.381 e. The molecule has 120 valence electrons. The average Bonchev–Trinajstić information content (AvgIpc) is 2.96. The molecule has 0 radical (unpaired) electrons. The van der Waals surface area contributed by atoms with Crippen molar-refractivity contribution in [1.29, 1.82) is 0 Å². The Balaban J connectivity index is 2.06. The largest absolute Gasteiger partial charge is 0.381 e. The Morgan fingerprint density at radius 2 is 1.80 bits per heavy atom. The predicted octanol–water partition coefficient (Wildman–Crippen LogP) is 0.988. The van der Waals surface area contributed by atoms with Crippen LogP contribution in [0.25, 0.3) is 0 Å². The van der Waals surface area contributed by atoms with Gasteiger partial charge in [0.1, 0.15) is 0 Å². The van der Waals surface area contributed by atoms with Gasteiger partial charge in [0.15, 0.2) is 0 Å². The molecule has 1 saturated heterocycles. The Morgan fingerprint density at radius 1 is 1.10 bits per heavy atom. The van der Waals surface area contributed by atoms with Crippen molar-refractivity contribution in [3.05, 3.63) is 0 Å². The molecule has 0 bridgehead atoms. The van der Waals surface area contributed by atoms with E-state index in [1.54, 1.807) is 0 Å². The molecule has 5 nitrogen and oxygen atoms in total. The summed E-state index contributed by atoms with van der Waals surface area (Å²) in [5.74, 6) is 0.704. The molecule has 1 fully saturated rings. The van der Waals surface area contributed by atoms with Crippen LogP contribution in [0.5, 0.6) is 0 Å². The first kappa shape index (κ1) is 17.9.